The first-order valence-corrected chi connectivity index (χ1v) is 24.3. The first-order valence-electron chi connectivity index (χ1n) is 24.3. The van der Waals surface area contributed by atoms with Gasteiger partial charge in [-0.3, -0.25) is 0 Å². The number of fused-ring (bicyclic) bond motifs is 9. The van der Waals surface area contributed by atoms with E-state index in [0.717, 1.165) is 50.1 Å². The third kappa shape index (κ3) is 4.41. The molecule has 0 bridgehead atoms. The molecule has 2 heteroatoms. The van der Waals surface area contributed by atoms with Crippen molar-refractivity contribution >= 4 is 60.5 Å². The molecule has 2 atom stereocenters. The summed E-state index contributed by atoms with van der Waals surface area (Å²) in [4.78, 5) is 2.52. The molecule has 4 aliphatic carbocycles. The third-order valence-electron chi connectivity index (χ3n) is 16.9. The Labute approximate surface area is 400 Å². The average molecular weight is 878 g/mol. The summed E-state index contributed by atoms with van der Waals surface area (Å²) in [5, 5.41) is 7.56. The molecule has 4 aliphatic rings. The molecule has 322 valence electrons. The molecular formula is C67H43NO. The van der Waals surface area contributed by atoms with Crippen molar-refractivity contribution in [3.8, 4) is 33.4 Å². The minimum absolute atomic E-state index is 0.166. The smallest absolute Gasteiger partial charge is 0.143 e. The zero-order chi connectivity index (χ0) is 45.4. The quantitative estimate of drug-likeness (QED) is 0.175. The highest BCUT2D eigenvalue weighted by Crippen LogP contribution is 2.75. The molecule has 0 N–H and O–H groups in total. The van der Waals surface area contributed by atoms with Crippen LogP contribution in [-0.4, -0.2) is 0 Å². The Morgan fingerprint density at radius 3 is 1.54 bits per heavy atom. The van der Waals surface area contributed by atoms with Crippen molar-refractivity contribution in [2.75, 3.05) is 4.90 Å². The number of hydrogen-bond donors (Lipinski definition) is 0. The molecule has 0 amide bonds. The first-order chi connectivity index (χ1) is 34.0. The summed E-state index contributed by atoms with van der Waals surface area (Å²) >= 11 is 0. The van der Waals surface area contributed by atoms with Gasteiger partial charge in [0.05, 0.1) is 10.8 Å². The minimum Gasteiger partial charge on any atom is -0.455 e. The van der Waals surface area contributed by atoms with Gasteiger partial charge in [-0.05, 0) is 136 Å². The number of furan rings is 1. The molecule has 2 nitrogen and oxygen atoms in total. The Bertz CT molecular complexity index is 4240. The lowest BCUT2D eigenvalue weighted by Crippen LogP contribution is -2.48. The number of anilines is 3. The molecule has 0 spiro atoms. The maximum absolute atomic E-state index is 6.57. The lowest BCUT2D eigenvalue weighted by molar-refractivity contribution is 0.461. The molecule has 1 heterocycles. The number of benzene rings is 11. The van der Waals surface area contributed by atoms with Crippen LogP contribution in [0.4, 0.5) is 17.1 Å². The van der Waals surface area contributed by atoms with Crippen LogP contribution in [0.15, 0.2) is 229 Å². The van der Waals surface area contributed by atoms with E-state index in [1.54, 1.807) is 0 Å². The van der Waals surface area contributed by atoms with Crippen molar-refractivity contribution in [1.29, 1.82) is 0 Å². The van der Waals surface area contributed by atoms with Crippen molar-refractivity contribution in [2.45, 2.75) is 30.1 Å². The highest BCUT2D eigenvalue weighted by Gasteiger charge is 2.69. The largest absolute Gasteiger partial charge is 0.455 e. The SMILES string of the molecule is CC1(C)c2ccccc2-c2ccc(N(c3ccc(-c4cccc5c4oc4ccccc45)cc3)c3cc4c5c(cccc5c3)C35c6ccccc6-c6ccccc6C43c3cccc4cccc5c34)cc21. The lowest BCUT2D eigenvalue weighted by Gasteiger charge is -2.50. The lowest BCUT2D eigenvalue weighted by atomic mass is 9.50. The monoisotopic (exact) mass is 877 g/mol. The van der Waals surface area contributed by atoms with Crippen LogP contribution in [0.5, 0.6) is 0 Å². The van der Waals surface area contributed by atoms with Crippen molar-refractivity contribution < 1.29 is 4.42 Å². The van der Waals surface area contributed by atoms with E-state index in [1.807, 2.05) is 6.07 Å². The maximum atomic E-state index is 6.57. The van der Waals surface area contributed by atoms with Crippen LogP contribution in [0, 0.1) is 0 Å². The molecule has 0 fully saturated rings. The number of hydrogen-bond acceptors (Lipinski definition) is 2. The molecule has 0 saturated heterocycles. The van der Waals surface area contributed by atoms with Crippen LogP contribution < -0.4 is 4.90 Å². The Morgan fingerprint density at radius 2 is 0.826 bits per heavy atom. The second kappa shape index (κ2) is 12.9. The normalized spacial score (nSPS) is 18.2. The average Bonchev–Trinajstić information content (AvgIpc) is 4.07. The molecule has 16 rings (SSSR count). The molecule has 0 saturated carbocycles. The zero-order valence-electron chi connectivity index (χ0n) is 38.2. The zero-order valence-corrected chi connectivity index (χ0v) is 38.2. The van der Waals surface area contributed by atoms with Gasteiger partial charge in [0.2, 0.25) is 0 Å². The van der Waals surface area contributed by atoms with Gasteiger partial charge in [-0.2, -0.15) is 0 Å². The van der Waals surface area contributed by atoms with Crippen molar-refractivity contribution in [1.82, 2.24) is 0 Å². The Morgan fingerprint density at radius 1 is 0.333 bits per heavy atom. The highest BCUT2D eigenvalue weighted by molar-refractivity contribution is 6.12. The second-order valence-corrected chi connectivity index (χ2v) is 20.3. The summed E-state index contributed by atoms with van der Waals surface area (Å²) in [6.45, 7) is 4.76. The standard InChI is InChI=1S/C67H43NO/c1-65(2)53-24-7-3-18-47(53)50-36-35-44(38-59(50)65)68(43-33-31-40(32-34-43)46-22-14-23-52-51-21-6-10-30-61(51)69-64(46)52)45-37-42-17-13-29-58-63(42)60(39-45)67-55-26-9-5-20-49(55)48-19-4-8-25-54(48)66(58,67)56-27-11-15-41-16-12-28-57(67)62(41)56/h3-39H,1-2H3. The minimum atomic E-state index is -0.540. The van der Waals surface area contributed by atoms with Crippen molar-refractivity contribution in [2.24, 2.45) is 0 Å². The Kier molecular flexibility index (Phi) is 7.06. The third-order valence-corrected chi connectivity index (χ3v) is 16.9. The van der Waals surface area contributed by atoms with Crippen LogP contribution >= 0.6 is 0 Å². The van der Waals surface area contributed by atoms with E-state index in [0.29, 0.717) is 0 Å². The molecule has 69 heavy (non-hydrogen) atoms. The topological polar surface area (TPSA) is 16.4 Å². The van der Waals surface area contributed by atoms with E-state index in [9.17, 15) is 0 Å². The van der Waals surface area contributed by atoms with E-state index < -0.39 is 10.8 Å². The van der Waals surface area contributed by atoms with Crippen LogP contribution in [0.3, 0.4) is 0 Å². The van der Waals surface area contributed by atoms with Gasteiger partial charge in [0.25, 0.3) is 0 Å². The second-order valence-electron chi connectivity index (χ2n) is 20.3. The van der Waals surface area contributed by atoms with Gasteiger partial charge in [-0.1, -0.05) is 196 Å². The highest BCUT2D eigenvalue weighted by atomic mass is 16.3. The predicted molar refractivity (Wildman–Crippen MR) is 284 cm³/mol. The Balaban J connectivity index is 0.979. The summed E-state index contributed by atoms with van der Waals surface area (Å²) in [7, 11) is 0. The molecule has 0 aliphatic heterocycles. The fourth-order valence-electron chi connectivity index (χ4n) is 14.3. The van der Waals surface area contributed by atoms with Crippen LogP contribution in [-0.2, 0) is 16.2 Å². The van der Waals surface area contributed by atoms with E-state index in [2.05, 4.69) is 237 Å². The van der Waals surface area contributed by atoms with E-state index in [-0.39, 0.29) is 5.41 Å². The van der Waals surface area contributed by atoms with Gasteiger partial charge in [0.1, 0.15) is 11.2 Å². The van der Waals surface area contributed by atoms with Crippen molar-refractivity contribution in [3.05, 3.63) is 269 Å². The summed E-state index contributed by atoms with van der Waals surface area (Å²) in [5.41, 5.74) is 22.5. The molecule has 11 aromatic carbocycles. The van der Waals surface area contributed by atoms with Crippen molar-refractivity contribution in [3.63, 3.8) is 0 Å². The molecular weight excluding hydrogens is 835 g/mol. The van der Waals surface area contributed by atoms with Gasteiger partial charge in [-0.15, -0.1) is 0 Å². The molecule has 1 aromatic heterocycles. The number of nitrogens with zero attached hydrogens (tertiary/aromatic N) is 1. The van der Waals surface area contributed by atoms with Gasteiger partial charge in [0.15, 0.2) is 0 Å². The van der Waals surface area contributed by atoms with Crippen LogP contribution in [0.25, 0.3) is 76.9 Å². The van der Waals surface area contributed by atoms with Gasteiger partial charge in [-0.25, -0.2) is 0 Å². The number of rotatable bonds is 4. The summed E-state index contributed by atoms with van der Waals surface area (Å²) in [6, 6.07) is 85.0. The summed E-state index contributed by atoms with van der Waals surface area (Å²) in [5.74, 6) is 0. The predicted octanol–water partition coefficient (Wildman–Crippen LogP) is 17.3. The van der Waals surface area contributed by atoms with Gasteiger partial charge in [0, 0.05) is 38.8 Å². The summed E-state index contributed by atoms with van der Waals surface area (Å²) < 4.78 is 6.57. The summed E-state index contributed by atoms with van der Waals surface area (Å²) in [6.07, 6.45) is 0. The fourth-order valence-corrected chi connectivity index (χ4v) is 14.3. The van der Waals surface area contributed by atoms with E-state index in [4.69, 9.17) is 4.42 Å². The van der Waals surface area contributed by atoms with Crippen LogP contribution in [0.2, 0.25) is 0 Å². The van der Waals surface area contributed by atoms with Gasteiger partial charge < -0.3 is 9.32 Å². The van der Waals surface area contributed by atoms with Crippen LogP contribution in [0.1, 0.15) is 58.4 Å². The van der Waals surface area contributed by atoms with E-state index in [1.165, 1.54) is 88.3 Å². The van der Waals surface area contributed by atoms with Gasteiger partial charge >= 0.3 is 0 Å². The first kappa shape index (κ1) is 37.6. The molecule has 0 radical (unpaired) electrons. The Hall–Kier alpha value is -8.46. The molecule has 12 aromatic rings. The fraction of sp³-hybridized carbons (Fsp3) is 0.0746. The maximum Gasteiger partial charge on any atom is 0.143 e. The van der Waals surface area contributed by atoms with E-state index >= 15 is 0 Å². The number of para-hydroxylation sites is 2. The molecule has 2 unspecified atom stereocenters.